The van der Waals surface area contributed by atoms with Crippen LogP contribution in [0.5, 0.6) is 0 Å². The second-order valence-corrected chi connectivity index (χ2v) is 18.3. The summed E-state index contributed by atoms with van der Waals surface area (Å²) in [5.41, 5.74) is 18.7. The van der Waals surface area contributed by atoms with Crippen molar-refractivity contribution < 1.29 is 29.3 Å². The Balaban J connectivity index is 0.000000151. The lowest BCUT2D eigenvalue weighted by atomic mass is 9.93. The smallest absolute Gasteiger partial charge is 0.335 e. The molecule has 386 valence electrons. The first kappa shape index (κ1) is 54.8. The molecule has 11 rings (SSSR count). The number of nitrogens with one attached hydrogen (secondary N) is 1. The maximum atomic E-state index is 12.6. The fourth-order valence-electron chi connectivity index (χ4n) is 7.99. The van der Waals surface area contributed by atoms with Gasteiger partial charge in [0.2, 0.25) is 0 Å². The molecule has 2 amide bonds. The number of carbonyl (C=O) groups is 3. The lowest BCUT2D eigenvalue weighted by Crippen LogP contribution is -2.42. The van der Waals surface area contributed by atoms with E-state index in [1.807, 2.05) is 95.4 Å². The highest BCUT2D eigenvalue weighted by Crippen LogP contribution is 2.33. The molecule has 0 bridgehead atoms. The van der Waals surface area contributed by atoms with E-state index in [9.17, 15) is 34.6 Å². The van der Waals surface area contributed by atoms with Crippen LogP contribution in [-0.4, -0.2) is 62.7 Å². The monoisotopic (exact) mass is 1010 g/mol. The van der Waals surface area contributed by atoms with Gasteiger partial charge in [0.05, 0.1) is 50.6 Å². The molecule has 19 heteroatoms. The number of nitro groups is 2. The molecule has 1 aliphatic heterocycles. The van der Waals surface area contributed by atoms with Crippen molar-refractivity contribution in [1.29, 1.82) is 0 Å². The fourth-order valence-corrected chi connectivity index (χ4v) is 7.99. The number of aromatic amines is 1. The molecule has 75 heavy (non-hydrogen) atoms. The second-order valence-electron chi connectivity index (χ2n) is 18.3. The van der Waals surface area contributed by atoms with E-state index in [1.165, 1.54) is 48.8 Å². The highest BCUT2D eigenvalue weighted by Gasteiger charge is 2.41. The number of nitro benzene ring substituents is 2. The Kier molecular flexibility index (Phi) is 17.7. The van der Waals surface area contributed by atoms with Gasteiger partial charge in [-0.3, -0.25) is 34.9 Å². The summed E-state index contributed by atoms with van der Waals surface area (Å²) >= 11 is 0. The molecular weight excluding hydrogens is 955 g/mol. The number of aromatic nitrogens is 6. The number of fused-ring (bicyclic) bond motifs is 3. The molecule has 0 saturated carbocycles. The summed E-state index contributed by atoms with van der Waals surface area (Å²) in [7, 11) is 0. The molecule has 0 spiro atoms. The molecule has 9 aromatic rings. The van der Waals surface area contributed by atoms with Gasteiger partial charge in [0, 0.05) is 56.3 Å². The third kappa shape index (κ3) is 13.7. The van der Waals surface area contributed by atoms with E-state index in [4.69, 9.17) is 16.7 Å². The first-order valence-corrected chi connectivity index (χ1v) is 23.8. The van der Waals surface area contributed by atoms with Crippen LogP contribution in [0.25, 0.3) is 32.7 Å². The average Bonchev–Trinajstić information content (AvgIpc) is 4.16. The zero-order valence-corrected chi connectivity index (χ0v) is 43.0. The maximum absolute atomic E-state index is 12.6. The molecular formula is C56H59N11O8. The van der Waals surface area contributed by atoms with Gasteiger partial charge in [0.1, 0.15) is 0 Å². The predicted octanol–water partition coefficient (Wildman–Crippen LogP) is 10.8. The van der Waals surface area contributed by atoms with E-state index >= 15 is 0 Å². The highest BCUT2D eigenvalue weighted by molar-refractivity contribution is 6.29. The van der Waals surface area contributed by atoms with E-state index < -0.39 is 10.9 Å². The van der Waals surface area contributed by atoms with Crippen LogP contribution in [0, 0.1) is 75.6 Å². The number of amides is 2. The van der Waals surface area contributed by atoms with Gasteiger partial charge in [0.15, 0.2) is 0 Å². The Labute approximate surface area is 432 Å². The molecule has 3 aromatic heterocycles. The number of hydrogen-bond donors (Lipinski definition) is 4. The Morgan fingerprint density at radius 2 is 1.05 bits per heavy atom. The van der Waals surface area contributed by atoms with Crippen molar-refractivity contribution in [3.8, 4) is 0 Å². The summed E-state index contributed by atoms with van der Waals surface area (Å²) in [6.45, 7) is 15.3. The van der Waals surface area contributed by atoms with E-state index in [-0.39, 0.29) is 33.7 Å². The summed E-state index contributed by atoms with van der Waals surface area (Å²) in [6, 6.07) is 33.3. The number of nitrogens with two attached hydrogens (primary N) is 2. The molecule has 0 saturated heterocycles. The van der Waals surface area contributed by atoms with E-state index in [1.54, 1.807) is 38.4 Å². The molecule has 0 radical (unpaired) electrons. The number of imide groups is 1. The number of aryl methyl sites for hydroxylation is 8. The number of aromatic carboxylic acids is 1. The third-order valence-corrected chi connectivity index (χ3v) is 12.3. The number of H-pyrrole nitrogens is 1. The summed E-state index contributed by atoms with van der Waals surface area (Å²) in [4.78, 5) is 58.3. The van der Waals surface area contributed by atoms with Gasteiger partial charge in [-0.1, -0.05) is 66.7 Å². The van der Waals surface area contributed by atoms with Gasteiger partial charge < -0.3 is 16.7 Å². The standard InChI is InChI=1S/C16H15N3O2.C8H9N3.C8H8N2.C8H7NO4.C8H9NO2.C8H11N/c1-10-6-7-11-9-17-19(14(11)8-10)18-15(20)12-4-2-3-5-13(12)16(18)21;1-6-2-3-7-5-10-11(9)8(7)4-6;1-6-2-3-7-5-9-10-8(7)4-6;1-5-2-3-6(8(10)11)4-7(5)9(12)13;1-6-3-4-7(2)8(5-6)9(10)11;1-6-3-4-7(2)8(9)5-6/h6-9H,2-5H2,1H3;2-5H,9H2,1H3;2-5H,1H3,(H,9,10);2-4H,1H3,(H,10,11);3-5H,1-2H3;3-5H,9H2,1-2H3. The number of nitrogens with zero attached hydrogens (tertiary/aromatic N) is 8. The van der Waals surface area contributed by atoms with Gasteiger partial charge in [-0.05, 0) is 145 Å². The summed E-state index contributed by atoms with van der Waals surface area (Å²) < 4.78 is 0. The molecule has 0 unspecified atom stereocenters. The number of nitrogen functional groups attached to an aromatic ring is 2. The third-order valence-electron chi connectivity index (χ3n) is 12.3. The van der Waals surface area contributed by atoms with Crippen LogP contribution in [0.15, 0.2) is 139 Å². The van der Waals surface area contributed by atoms with Crippen LogP contribution in [0.3, 0.4) is 0 Å². The largest absolute Gasteiger partial charge is 0.478 e. The number of carboxylic acid groups (broad SMARTS) is 1. The molecule has 2 aliphatic rings. The average molecular weight is 1010 g/mol. The Morgan fingerprint density at radius 1 is 0.587 bits per heavy atom. The molecule has 0 fully saturated rings. The summed E-state index contributed by atoms with van der Waals surface area (Å²) in [5, 5.41) is 48.7. The molecule has 6 N–H and O–H groups in total. The van der Waals surface area contributed by atoms with E-state index in [0.717, 1.165) is 68.6 Å². The van der Waals surface area contributed by atoms with Crippen LogP contribution in [-0.2, 0) is 9.59 Å². The fraction of sp³-hybridized carbons (Fsp3) is 0.214. The predicted molar refractivity (Wildman–Crippen MR) is 291 cm³/mol. The Bertz CT molecular complexity index is 3600. The second kappa shape index (κ2) is 24.3. The zero-order chi connectivity index (χ0) is 54.7. The molecule has 19 nitrogen and oxygen atoms in total. The summed E-state index contributed by atoms with van der Waals surface area (Å²) in [5.74, 6) is 3.97. The van der Waals surface area contributed by atoms with Gasteiger partial charge in [-0.2, -0.15) is 29.9 Å². The van der Waals surface area contributed by atoms with Crippen LogP contribution in [0.2, 0.25) is 0 Å². The Morgan fingerprint density at radius 3 is 1.60 bits per heavy atom. The van der Waals surface area contributed by atoms with Gasteiger partial charge >= 0.3 is 5.97 Å². The van der Waals surface area contributed by atoms with Crippen LogP contribution in [0.4, 0.5) is 17.1 Å². The first-order valence-electron chi connectivity index (χ1n) is 23.8. The zero-order valence-electron chi connectivity index (χ0n) is 43.0. The number of rotatable bonds is 4. The lowest BCUT2D eigenvalue weighted by Gasteiger charge is -2.15. The normalized spacial score (nSPS) is 12.5. The highest BCUT2D eigenvalue weighted by atomic mass is 16.6. The Hall–Kier alpha value is -9.52. The van der Waals surface area contributed by atoms with E-state index in [2.05, 4.69) is 51.6 Å². The minimum atomic E-state index is -1.16. The minimum absolute atomic E-state index is 0.0719. The van der Waals surface area contributed by atoms with Crippen LogP contribution >= 0.6 is 0 Å². The number of anilines is 1. The van der Waals surface area contributed by atoms with Crippen LogP contribution in [0.1, 0.15) is 80.5 Å². The van der Waals surface area contributed by atoms with Crippen molar-refractivity contribution in [2.24, 2.45) is 0 Å². The van der Waals surface area contributed by atoms with Crippen molar-refractivity contribution in [3.63, 3.8) is 0 Å². The maximum Gasteiger partial charge on any atom is 0.335 e. The lowest BCUT2D eigenvalue weighted by molar-refractivity contribution is -0.385. The van der Waals surface area contributed by atoms with Gasteiger partial charge in [-0.15, -0.1) is 0 Å². The van der Waals surface area contributed by atoms with Crippen molar-refractivity contribution in [1.82, 2.24) is 30.0 Å². The summed E-state index contributed by atoms with van der Waals surface area (Å²) in [6.07, 6.45) is 8.63. The van der Waals surface area contributed by atoms with Crippen molar-refractivity contribution >= 4 is 67.6 Å². The molecule has 1 aliphatic carbocycles. The molecule has 0 atom stereocenters. The van der Waals surface area contributed by atoms with Crippen molar-refractivity contribution in [3.05, 3.63) is 209 Å². The minimum Gasteiger partial charge on any atom is -0.478 e. The number of carboxylic acids is 1. The number of carbonyl (C=O) groups excluding carboxylic acids is 2. The SMILES string of the molecule is Cc1ccc(C(=O)O)cc1[N+](=O)[O-].Cc1ccc(C)c(N)c1.Cc1ccc(C)c([N+](=O)[O-])c1.Cc1ccc2cn[nH]c2c1.Cc1ccc2cnn(N)c2c1.Cc1ccc2cnn(N3C(=O)C4=C(CCCC4)C3=O)c2c1. The quantitative estimate of drug-likeness (QED) is 0.0420. The molecule has 4 heterocycles. The number of hydrogen-bond acceptors (Lipinski definition) is 12. The number of benzene rings is 6. The molecule has 6 aromatic carbocycles. The van der Waals surface area contributed by atoms with Crippen molar-refractivity contribution in [2.75, 3.05) is 16.6 Å². The van der Waals surface area contributed by atoms with E-state index in [0.29, 0.717) is 35.1 Å². The topological polar surface area (TPSA) is 277 Å². The van der Waals surface area contributed by atoms with Gasteiger partial charge in [-0.25, -0.2) is 4.79 Å². The van der Waals surface area contributed by atoms with Gasteiger partial charge in [0.25, 0.3) is 23.2 Å². The first-order chi connectivity index (χ1) is 35.6. The van der Waals surface area contributed by atoms with Crippen LogP contribution < -0.4 is 16.6 Å². The van der Waals surface area contributed by atoms with Crippen molar-refractivity contribution in [2.45, 2.75) is 81.1 Å².